The second-order valence-electron chi connectivity index (χ2n) is 13.1. The number of carbonyl (C=O) groups is 5. The van der Waals surface area contributed by atoms with E-state index in [1.165, 1.54) is 18.7 Å². The number of rotatable bonds is 15. The molecular weight excluding hydrogens is 798 g/mol. The van der Waals surface area contributed by atoms with Crippen LogP contribution < -0.4 is 30.7 Å². The number of carboxylic acids is 1. The van der Waals surface area contributed by atoms with Crippen LogP contribution in [0.15, 0.2) is 103 Å². The van der Waals surface area contributed by atoms with Gasteiger partial charge in [0.1, 0.15) is 18.1 Å². The van der Waals surface area contributed by atoms with Gasteiger partial charge in [0.2, 0.25) is 17.7 Å². The third kappa shape index (κ3) is 13.9. The lowest BCUT2D eigenvalue weighted by atomic mass is 10.1. The highest BCUT2D eigenvalue weighted by Crippen LogP contribution is 2.64. The van der Waals surface area contributed by atoms with Gasteiger partial charge in [0.25, 0.3) is 0 Å². The first-order chi connectivity index (χ1) is 27.9. The molecule has 0 bridgehead atoms. The molecule has 0 fully saturated rings. The van der Waals surface area contributed by atoms with E-state index in [0.717, 1.165) is 11.1 Å². The number of fused-ring (bicyclic) bond motifs is 1. The lowest BCUT2D eigenvalue weighted by Crippen LogP contribution is -2.43. The lowest BCUT2D eigenvalue weighted by Gasteiger charge is -2.33. The van der Waals surface area contributed by atoms with E-state index in [1.807, 2.05) is 42.5 Å². The normalized spacial score (nSPS) is 13.7. The summed E-state index contributed by atoms with van der Waals surface area (Å²) in [5, 5.41) is 15.2. The van der Waals surface area contributed by atoms with E-state index in [4.69, 9.17) is 29.4 Å². The molecule has 19 heteroatoms. The van der Waals surface area contributed by atoms with E-state index in [-0.39, 0.29) is 36.5 Å². The summed E-state index contributed by atoms with van der Waals surface area (Å²) in [5.74, 6) is -4.50. The van der Waals surface area contributed by atoms with Crippen LogP contribution in [0.25, 0.3) is 0 Å². The molecule has 4 amide bonds. The first-order valence-corrected chi connectivity index (χ1v) is 19.7. The van der Waals surface area contributed by atoms with Gasteiger partial charge in [-0.25, -0.2) is 14.2 Å². The Kier molecular flexibility index (Phi) is 16.0. The first kappa shape index (κ1) is 45.3. The molecule has 314 valence electrons. The third-order valence-corrected chi connectivity index (χ3v) is 10.4. The van der Waals surface area contributed by atoms with Gasteiger partial charge in [-0.1, -0.05) is 54.6 Å². The van der Waals surface area contributed by atoms with E-state index >= 15 is 4.57 Å². The van der Waals surface area contributed by atoms with Crippen molar-refractivity contribution in [1.29, 1.82) is 0 Å². The van der Waals surface area contributed by atoms with Crippen LogP contribution in [-0.4, -0.2) is 58.6 Å². The predicted molar refractivity (Wildman–Crippen MR) is 210 cm³/mol. The van der Waals surface area contributed by atoms with Gasteiger partial charge in [0, 0.05) is 38.3 Å². The average Bonchev–Trinajstić information content (AvgIpc) is 3.59. The number of nitrogens with zero attached hydrogens (tertiary/aromatic N) is 1. The number of hydrogen-bond donors (Lipinski definition) is 5. The predicted octanol–water partition coefficient (Wildman–Crippen LogP) is 7.35. The van der Waals surface area contributed by atoms with Crippen molar-refractivity contribution in [2.75, 3.05) is 17.2 Å². The van der Waals surface area contributed by atoms with Crippen molar-refractivity contribution >= 4 is 48.8 Å². The first-order valence-electron chi connectivity index (χ1n) is 18.1. The Morgan fingerprint density at radius 2 is 1.32 bits per heavy atom. The van der Waals surface area contributed by atoms with Gasteiger partial charge >= 0.3 is 25.8 Å². The van der Waals surface area contributed by atoms with Gasteiger partial charge in [-0.05, 0) is 84.5 Å². The van der Waals surface area contributed by atoms with Crippen LogP contribution >= 0.6 is 7.60 Å². The van der Waals surface area contributed by atoms with Crippen LogP contribution in [0.2, 0.25) is 0 Å². The van der Waals surface area contributed by atoms with Crippen molar-refractivity contribution in [2.45, 2.75) is 64.3 Å². The Morgan fingerprint density at radius 1 is 0.814 bits per heavy atom. The van der Waals surface area contributed by atoms with Gasteiger partial charge in [0.15, 0.2) is 5.78 Å². The zero-order chi connectivity index (χ0) is 43.2. The number of nitrogens with two attached hydrogens (primary N) is 1. The van der Waals surface area contributed by atoms with Gasteiger partial charge in [-0.2, -0.15) is 13.2 Å². The average molecular weight is 842 g/mol. The second kappa shape index (κ2) is 20.9. The molecule has 0 saturated heterocycles. The second-order valence-corrected chi connectivity index (χ2v) is 15.0. The number of anilines is 2. The molecule has 2 atom stereocenters. The number of unbranched alkanes of at least 4 members (excludes halogenated alkanes) is 1. The Morgan fingerprint density at radius 3 is 1.83 bits per heavy atom. The van der Waals surface area contributed by atoms with Crippen LogP contribution in [0.1, 0.15) is 55.6 Å². The van der Waals surface area contributed by atoms with Crippen LogP contribution in [-0.2, 0) is 41.6 Å². The van der Waals surface area contributed by atoms with Gasteiger partial charge in [0.05, 0.1) is 6.04 Å². The highest BCUT2D eigenvalue weighted by molar-refractivity contribution is 7.55. The van der Waals surface area contributed by atoms with Crippen LogP contribution in [0.3, 0.4) is 0 Å². The van der Waals surface area contributed by atoms with Crippen molar-refractivity contribution in [2.24, 2.45) is 5.73 Å². The highest BCUT2D eigenvalue weighted by Gasteiger charge is 2.51. The molecule has 4 aromatic rings. The Bertz CT molecular complexity index is 2060. The summed E-state index contributed by atoms with van der Waals surface area (Å²) >= 11 is 0. The Hall–Kier alpha value is -6.39. The standard InChI is InChI=1S/C38H42N5O8P.C2HF3O2/c1-26(44)41-30-15-19-32(20-16-30)50-52(48,51-33-21-17-31(18-22-33)42-27(2)45)37-34-13-7-6-12-29(34)24-43(37)36(46)35(39)14-8-9-23-40-38(47)49-25-28-10-4-3-5-11-28;3-2(4,5)1(6)7/h3-7,10-13,15-22,35,37H,8-9,14,23-25,39H2,1-2H3,(H,40,47)(H,41,44)(H,42,45);(H,6,7)/t35-,37?;/m0./s1. The summed E-state index contributed by atoms with van der Waals surface area (Å²) in [5.41, 5.74) is 9.72. The summed E-state index contributed by atoms with van der Waals surface area (Å²) in [6.07, 6.45) is -4.23. The molecule has 15 nitrogen and oxygen atoms in total. The zero-order valence-electron chi connectivity index (χ0n) is 31.9. The fraction of sp³-hybridized carbons (Fsp3) is 0.275. The number of ether oxygens (including phenoxy) is 1. The molecule has 0 saturated carbocycles. The van der Waals surface area contributed by atoms with Gasteiger partial charge in [-0.3, -0.25) is 14.4 Å². The van der Waals surface area contributed by atoms with Crippen LogP contribution in [0.5, 0.6) is 11.5 Å². The molecule has 0 aromatic heterocycles. The van der Waals surface area contributed by atoms with Gasteiger partial charge < -0.3 is 45.5 Å². The Labute approximate surface area is 337 Å². The Balaban J connectivity index is 0.00000101. The molecule has 0 aliphatic carbocycles. The summed E-state index contributed by atoms with van der Waals surface area (Å²) in [7, 11) is -4.34. The van der Waals surface area contributed by atoms with Crippen molar-refractivity contribution < 1.29 is 60.6 Å². The van der Waals surface area contributed by atoms with Crippen LogP contribution in [0.4, 0.5) is 29.3 Å². The molecule has 0 radical (unpaired) electrons. The van der Waals surface area contributed by atoms with Crippen molar-refractivity contribution in [3.63, 3.8) is 0 Å². The van der Waals surface area contributed by atoms with E-state index in [9.17, 15) is 32.3 Å². The minimum atomic E-state index is -5.08. The molecule has 1 aliphatic rings. The largest absolute Gasteiger partial charge is 0.490 e. The summed E-state index contributed by atoms with van der Waals surface area (Å²) in [4.78, 5) is 59.6. The number of alkyl halides is 3. The molecule has 4 aromatic carbocycles. The molecule has 59 heavy (non-hydrogen) atoms. The zero-order valence-corrected chi connectivity index (χ0v) is 32.8. The maximum Gasteiger partial charge on any atom is 0.490 e. The van der Waals surface area contributed by atoms with Crippen molar-refractivity contribution in [3.8, 4) is 11.5 Å². The number of benzene rings is 4. The number of halogens is 3. The molecule has 1 heterocycles. The van der Waals surface area contributed by atoms with Crippen molar-refractivity contribution in [1.82, 2.24) is 10.2 Å². The minimum Gasteiger partial charge on any atom is -0.475 e. The van der Waals surface area contributed by atoms with Gasteiger partial charge in [-0.15, -0.1) is 0 Å². The molecular formula is C40H43F3N5O10P. The smallest absolute Gasteiger partial charge is 0.475 e. The van der Waals surface area contributed by atoms with Crippen molar-refractivity contribution in [3.05, 3.63) is 120 Å². The van der Waals surface area contributed by atoms with E-state index < -0.39 is 43.6 Å². The fourth-order valence-corrected chi connectivity index (χ4v) is 7.91. The monoisotopic (exact) mass is 841 g/mol. The number of aliphatic carboxylic acids is 1. The number of carboxylic acid groups (broad SMARTS) is 1. The fourth-order valence-electron chi connectivity index (χ4n) is 5.71. The molecule has 6 N–H and O–H groups in total. The van der Waals surface area contributed by atoms with E-state index in [0.29, 0.717) is 42.7 Å². The lowest BCUT2D eigenvalue weighted by molar-refractivity contribution is -0.192. The molecule has 0 spiro atoms. The molecule has 1 aliphatic heterocycles. The third-order valence-electron chi connectivity index (χ3n) is 8.35. The SMILES string of the molecule is CC(=O)Nc1ccc(OP(=O)(Oc2ccc(NC(C)=O)cc2)C2c3ccccc3CN2C(=O)[C@@H](N)CCCCNC(=O)OCc2ccccc2)cc1.O=C(O)C(F)(F)F. The number of alkyl carbamates (subject to hydrolysis) is 1. The number of carbonyl (C=O) groups excluding carboxylic acids is 4. The summed E-state index contributed by atoms with van der Waals surface area (Å²) < 4.78 is 64.6. The topological polar surface area (TPSA) is 216 Å². The summed E-state index contributed by atoms with van der Waals surface area (Å²) in [6, 6.07) is 28.2. The number of hydrogen-bond acceptors (Lipinski definition) is 10. The van der Waals surface area contributed by atoms with E-state index in [1.54, 1.807) is 60.7 Å². The molecule has 1 unspecified atom stereocenters. The number of nitrogens with one attached hydrogen (secondary N) is 3. The quantitative estimate of drug-likeness (QED) is 0.0589. The highest BCUT2D eigenvalue weighted by atomic mass is 31.2. The molecule has 5 rings (SSSR count). The van der Waals surface area contributed by atoms with E-state index in [2.05, 4.69) is 16.0 Å². The summed E-state index contributed by atoms with van der Waals surface area (Å²) in [6.45, 7) is 3.40. The maximum absolute atomic E-state index is 15.2. The van der Waals surface area contributed by atoms with Crippen LogP contribution in [0, 0.1) is 0 Å². The number of amides is 4. The maximum atomic E-state index is 15.2. The minimum absolute atomic E-state index is 0.127.